The van der Waals surface area contributed by atoms with Crippen molar-refractivity contribution in [2.75, 3.05) is 0 Å². The maximum Gasteiger partial charge on any atom is 0.0438 e. The molecule has 2 heterocycles. The van der Waals surface area contributed by atoms with Gasteiger partial charge in [-0.15, -0.1) is 0 Å². The zero-order chi connectivity index (χ0) is 18.4. The van der Waals surface area contributed by atoms with Crippen molar-refractivity contribution in [2.45, 2.75) is 53.1 Å². The molecule has 0 aromatic carbocycles. The summed E-state index contributed by atoms with van der Waals surface area (Å²) in [4.78, 5) is 17.8. The molecule has 0 saturated carbocycles. The van der Waals surface area contributed by atoms with E-state index in [1.54, 1.807) is 0 Å². The van der Waals surface area contributed by atoms with Crippen molar-refractivity contribution in [2.24, 2.45) is 0 Å². The molecular weight excluding hydrogens is 456 g/mol. The Morgan fingerprint density at radius 2 is 0.926 bits per heavy atom. The first-order chi connectivity index (χ1) is 10.9. The number of rotatable bonds is 4. The topological polar surface area (TPSA) is 111 Å². The van der Waals surface area contributed by atoms with Gasteiger partial charge in [-0.05, 0) is 13.8 Å². The van der Waals surface area contributed by atoms with E-state index in [0.717, 1.165) is 23.0 Å². The first-order valence-electron chi connectivity index (χ1n) is 8.28. The molecule has 0 N–H and O–H groups in total. The minimum Gasteiger partial charge on any atom is -2.00 e. The number of aryl methyl sites for hydroxylation is 2. The van der Waals surface area contributed by atoms with E-state index in [9.17, 15) is 0 Å². The molecule has 0 fully saturated rings. The predicted molar refractivity (Wildman–Crippen MR) is 112 cm³/mol. The van der Waals surface area contributed by atoms with Crippen molar-refractivity contribution in [3.05, 3.63) is 57.8 Å². The van der Waals surface area contributed by atoms with Gasteiger partial charge in [0.05, 0.1) is 0 Å². The molecule has 27 heavy (non-hydrogen) atoms. The van der Waals surface area contributed by atoms with Crippen molar-refractivity contribution in [3.63, 3.8) is 0 Å². The zero-order valence-electron chi connectivity index (χ0n) is 17.5. The molecule has 0 aliphatic heterocycles. The zero-order valence-corrected chi connectivity index (χ0v) is 21.5. The van der Waals surface area contributed by atoms with Gasteiger partial charge in [-0.25, -0.2) is 0 Å². The Kier molecular flexibility index (Phi) is 15.0. The molecule has 0 radical (unpaired) electrons. The average molecular weight is 487 g/mol. The second-order valence-electron chi connectivity index (χ2n) is 7.84. The van der Waals surface area contributed by atoms with Crippen LogP contribution < -0.4 is 0 Å². The van der Waals surface area contributed by atoms with E-state index in [0.29, 0.717) is 0 Å². The molecule has 0 amide bonds. The van der Waals surface area contributed by atoms with Gasteiger partial charge in [0, 0.05) is 37.5 Å². The maximum absolute atomic E-state index is 4.58. The van der Waals surface area contributed by atoms with Crippen LogP contribution in [0.4, 0.5) is 11.6 Å². The largest absolute Gasteiger partial charge is 2.00 e. The van der Waals surface area contributed by atoms with Crippen LogP contribution in [0.15, 0.2) is 36.4 Å². The van der Waals surface area contributed by atoms with Crippen LogP contribution in [-0.2, 0) is 32.0 Å². The van der Waals surface area contributed by atoms with Gasteiger partial charge in [-0.3, -0.25) is 0 Å². The first-order valence-corrected chi connectivity index (χ1v) is 15.2. The molecule has 2 aromatic heterocycles. The fourth-order valence-electron chi connectivity index (χ4n) is 1.87. The van der Waals surface area contributed by atoms with Crippen LogP contribution in [0.1, 0.15) is 11.4 Å². The molecular formula is C18H30MoN4O2Si2-6. The standard InChI is InChI=1S/2C9H15N2Si.Mo.2O/c2*1-8-6-5-7-9(10-8)11-12(2,3)4;;;/h2*5-7H,1-4H3;;;/q2*-1;;2*-2. The van der Waals surface area contributed by atoms with Gasteiger partial charge >= 0.3 is 0 Å². The van der Waals surface area contributed by atoms with E-state index < -0.39 is 16.5 Å². The van der Waals surface area contributed by atoms with Crippen LogP contribution in [-0.4, -0.2) is 26.4 Å². The molecule has 0 bridgehead atoms. The van der Waals surface area contributed by atoms with Gasteiger partial charge in [-0.1, -0.05) is 98.7 Å². The normalized spacial score (nSPS) is 10.1. The Morgan fingerprint density at radius 1 is 0.630 bits per heavy atom. The van der Waals surface area contributed by atoms with Crippen LogP contribution >= 0.6 is 0 Å². The number of hydrogen-bond acceptors (Lipinski definition) is 2. The third kappa shape index (κ3) is 15.7. The Hall–Kier alpha value is -1.06. The summed E-state index contributed by atoms with van der Waals surface area (Å²) < 4.78 is 0. The van der Waals surface area contributed by atoms with Gasteiger partial charge in [0.1, 0.15) is 0 Å². The van der Waals surface area contributed by atoms with E-state index in [1.165, 1.54) is 0 Å². The van der Waals surface area contributed by atoms with E-state index >= 15 is 0 Å². The van der Waals surface area contributed by atoms with E-state index in [1.807, 2.05) is 50.2 Å². The van der Waals surface area contributed by atoms with E-state index in [2.05, 4.69) is 59.2 Å². The molecule has 9 heteroatoms. The number of nitrogens with zero attached hydrogens (tertiary/aromatic N) is 4. The third-order valence-electron chi connectivity index (χ3n) is 2.65. The average Bonchev–Trinajstić information content (AvgIpc) is 2.35. The first kappa shape index (κ1) is 30.7. The fourth-order valence-corrected chi connectivity index (χ4v) is 3.49. The Labute approximate surface area is 180 Å². The smallest absolute Gasteiger partial charge is 0.0438 e. The summed E-state index contributed by atoms with van der Waals surface area (Å²) in [5.41, 5.74) is 2.07. The minimum atomic E-state index is -1.36. The maximum atomic E-state index is 4.58. The number of pyridine rings is 2. The third-order valence-corrected chi connectivity index (χ3v) is 4.45. The summed E-state index contributed by atoms with van der Waals surface area (Å²) in [6, 6.07) is 11.9. The van der Waals surface area contributed by atoms with Crippen molar-refractivity contribution < 1.29 is 32.0 Å². The van der Waals surface area contributed by atoms with Crippen LogP contribution in [0.2, 0.25) is 39.3 Å². The van der Waals surface area contributed by atoms with E-state index in [4.69, 9.17) is 0 Å². The fraction of sp³-hybridized carbons (Fsp3) is 0.444. The summed E-state index contributed by atoms with van der Waals surface area (Å²) in [5, 5.41) is 0. The van der Waals surface area contributed by atoms with Crippen molar-refractivity contribution in [1.82, 2.24) is 9.97 Å². The predicted octanol–water partition coefficient (Wildman–Crippen LogP) is 6.22. The molecule has 2 aromatic rings. The SMILES string of the molecule is Cc1cccc([N-][Si](C)(C)C)n1.Cc1cccc([N-][Si](C)(C)C)n1.[Mo].[O-2].[O-2]. The number of hydrogen-bond donors (Lipinski definition) is 0. The molecule has 0 atom stereocenters. The Morgan fingerprint density at radius 3 is 1.15 bits per heavy atom. The molecule has 2 rings (SSSR count). The molecule has 0 aliphatic rings. The monoisotopic (exact) mass is 488 g/mol. The Bertz CT molecular complexity index is 605. The van der Waals surface area contributed by atoms with Crippen molar-refractivity contribution >= 4 is 28.1 Å². The van der Waals surface area contributed by atoms with E-state index in [-0.39, 0.29) is 32.0 Å². The quantitative estimate of drug-likeness (QED) is 0.478. The van der Waals surface area contributed by atoms with Crippen LogP contribution in [0.5, 0.6) is 0 Å². The number of aromatic nitrogens is 2. The summed E-state index contributed by atoms with van der Waals surface area (Å²) in [6.45, 7) is 17.2. The van der Waals surface area contributed by atoms with Gasteiger partial charge in [-0.2, -0.15) is 0 Å². The molecule has 6 nitrogen and oxygen atoms in total. The Balaban J connectivity index is -0.000000384. The summed E-state index contributed by atoms with van der Waals surface area (Å²) in [6.07, 6.45) is 0. The molecule has 0 aliphatic carbocycles. The van der Waals surface area contributed by atoms with Crippen molar-refractivity contribution in [1.29, 1.82) is 0 Å². The van der Waals surface area contributed by atoms with Gasteiger partial charge in [0.15, 0.2) is 0 Å². The second kappa shape index (κ2) is 13.2. The van der Waals surface area contributed by atoms with Gasteiger partial charge < -0.3 is 30.9 Å². The molecule has 0 spiro atoms. The summed E-state index contributed by atoms with van der Waals surface area (Å²) >= 11 is 0. The van der Waals surface area contributed by atoms with Gasteiger partial charge in [0.25, 0.3) is 0 Å². The van der Waals surface area contributed by atoms with Crippen molar-refractivity contribution in [3.8, 4) is 0 Å². The molecule has 0 unspecified atom stereocenters. The minimum absolute atomic E-state index is 0. The van der Waals surface area contributed by atoms with Crippen LogP contribution in [0.25, 0.3) is 9.96 Å². The van der Waals surface area contributed by atoms with Crippen LogP contribution in [0, 0.1) is 13.8 Å². The summed E-state index contributed by atoms with van der Waals surface area (Å²) in [5.74, 6) is 1.77. The second-order valence-corrected chi connectivity index (χ2v) is 17.0. The van der Waals surface area contributed by atoms with Crippen LogP contribution in [0.3, 0.4) is 0 Å². The molecule has 154 valence electrons. The molecule has 0 saturated heterocycles. The summed E-state index contributed by atoms with van der Waals surface area (Å²) in [7, 11) is -2.72. The van der Waals surface area contributed by atoms with Gasteiger partial charge in [0.2, 0.25) is 0 Å².